The molecular weight excluding hydrogens is 356 g/mol. The largest absolute Gasteiger partial charge is 0.497 e. The Morgan fingerprint density at radius 3 is 2.12 bits per heavy atom. The van der Waals surface area contributed by atoms with Crippen molar-refractivity contribution in [1.29, 1.82) is 0 Å². The Balaban J connectivity index is 2.40. The molecule has 0 aliphatic carbocycles. The molecule has 0 aliphatic heterocycles. The molecule has 0 spiro atoms. The van der Waals surface area contributed by atoms with Crippen LogP contribution >= 0.6 is 0 Å². The van der Waals surface area contributed by atoms with Crippen molar-refractivity contribution in [3.63, 3.8) is 0 Å². The van der Waals surface area contributed by atoms with E-state index in [4.69, 9.17) is 9.47 Å². The number of ether oxygens (including phenoxy) is 2. The number of methoxy groups -OCH3 is 2. The summed E-state index contributed by atoms with van der Waals surface area (Å²) in [4.78, 5) is 11.7. The molecule has 0 fully saturated rings. The van der Waals surface area contributed by atoms with E-state index in [9.17, 15) is 22.0 Å². The number of carbonyl (C=O) groups is 1. The highest BCUT2D eigenvalue weighted by atomic mass is 32.2. The van der Waals surface area contributed by atoms with Crippen LogP contribution in [0.15, 0.2) is 47.4 Å². The van der Waals surface area contributed by atoms with Gasteiger partial charge in [-0.25, -0.2) is 8.42 Å². The first-order valence-electron chi connectivity index (χ1n) is 6.95. The number of sulfone groups is 1. The number of para-hydroxylation sites is 1. The van der Waals surface area contributed by atoms with Crippen molar-refractivity contribution in [1.82, 2.24) is 0 Å². The molecule has 2 aromatic rings. The summed E-state index contributed by atoms with van der Waals surface area (Å²) in [7, 11) is -2.05. The van der Waals surface area contributed by atoms with Crippen LogP contribution in [0.1, 0.15) is 10.4 Å². The summed E-state index contributed by atoms with van der Waals surface area (Å²) in [6.07, 6.45) is 0. The van der Waals surface area contributed by atoms with E-state index in [1.165, 1.54) is 44.6 Å². The topological polar surface area (TPSA) is 81.7 Å². The maximum absolute atomic E-state index is 12.8. The van der Waals surface area contributed by atoms with E-state index in [-0.39, 0.29) is 11.3 Å². The standard InChI is InChI=1S/C16H15F2NO5S/c1-23-11-7-10(8-12(9-11)24-2)15(20)19-13-5-3-4-6-14(13)25(21,22)16(17)18/h3-9,16H,1-2H3,(H,19,20). The number of hydrogen-bond donors (Lipinski definition) is 1. The Bertz CT molecular complexity index is 862. The minimum absolute atomic E-state index is 0.112. The normalized spacial score (nSPS) is 11.2. The van der Waals surface area contributed by atoms with Gasteiger partial charge in [0.1, 0.15) is 11.5 Å². The Morgan fingerprint density at radius 2 is 1.60 bits per heavy atom. The predicted molar refractivity (Wildman–Crippen MR) is 87.1 cm³/mol. The number of anilines is 1. The van der Waals surface area contributed by atoms with Crippen molar-refractivity contribution in [2.75, 3.05) is 19.5 Å². The van der Waals surface area contributed by atoms with E-state index in [1.807, 2.05) is 0 Å². The number of amides is 1. The molecule has 25 heavy (non-hydrogen) atoms. The molecule has 2 rings (SSSR count). The van der Waals surface area contributed by atoms with Crippen LogP contribution in [0.2, 0.25) is 0 Å². The molecule has 0 bridgehead atoms. The number of benzene rings is 2. The summed E-state index contributed by atoms with van der Waals surface area (Å²) in [5, 5.41) is 2.33. The molecule has 2 aromatic carbocycles. The molecule has 1 amide bonds. The maximum Gasteiger partial charge on any atom is 0.341 e. The SMILES string of the molecule is COc1cc(OC)cc(C(=O)Nc2ccccc2S(=O)(=O)C(F)F)c1. The van der Waals surface area contributed by atoms with Gasteiger partial charge in [0.15, 0.2) is 0 Å². The summed E-state index contributed by atoms with van der Waals surface area (Å²) in [5.74, 6) is -3.60. The van der Waals surface area contributed by atoms with Crippen LogP contribution in [-0.2, 0) is 9.84 Å². The Labute approximate surface area is 143 Å². The first-order valence-corrected chi connectivity index (χ1v) is 8.49. The third-order valence-corrected chi connectivity index (χ3v) is 4.73. The minimum Gasteiger partial charge on any atom is -0.497 e. The van der Waals surface area contributed by atoms with Crippen molar-refractivity contribution in [3.8, 4) is 11.5 Å². The van der Waals surface area contributed by atoms with E-state index in [1.54, 1.807) is 6.07 Å². The number of alkyl halides is 2. The number of carbonyl (C=O) groups excluding carboxylic acids is 1. The predicted octanol–water partition coefficient (Wildman–Crippen LogP) is 2.95. The van der Waals surface area contributed by atoms with Gasteiger partial charge in [0, 0.05) is 11.6 Å². The second-order valence-corrected chi connectivity index (χ2v) is 6.74. The molecule has 0 unspecified atom stereocenters. The Kier molecular flexibility index (Phi) is 5.58. The maximum atomic E-state index is 12.8. The number of hydrogen-bond acceptors (Lipinski definition) is 5. The average Bonchev–Trinajstić information content (AvgIpc) is 2.61. The van der Waals surface area contributed by atoms with E-state index in [2.05, 4.69) is 5.32 Å². The van der Waals surface area contributed by atoms with Crippen LogP contribution in [0.3, 0.4) is 0 Å². The first kappa shape index (κ1) is 18.7. The van der Waals surface area contributed by atoms with Gasteiger partial charge in [-0.15, -0.1) is 0 Å². The van der Waals surface area contributed by atoms with Gasteiger partial charge < -0.3 is 14.8 Å². The molecule has 0 aliphatic rings. The number of nitrogens with one attached hydrogen (secondary N) is 1. The van der Waals surface area contributed by atoms with Crippen molar-refractivity contribution < 1.29 is 31.5 Å². The molecule has 0 heterocycles. The Morgan fingerprint density at radius 1 is 1.04 bits per heavy atom. The van der Waals surface area contributed by atoms with E-state index in [0.29, 0.717) is 11.5 Å². The lowest BCUT2D eigenvalue weighted by atomic mass is 10.2. The average molecular weight is 371 g/mol. The van der Waals surface area contributed by atoms with Gasteiger partial charge in [-0.1, -0.05) is 12.1 Å². The smallest absolute Gasteiger partial charge is 0.341 e. The third-order valence-electron chi connectivity index (χ3n) is 3.29. The highest BCUT2D eigenvalue weighted by molar-refractivity contribution is 7.91. The van der Waals surface area contributed by atoms with Crippen molar-refractivity contribution >= 4 is 21.4 Å². The molecular formula is C16H15F2NO5S. The molecule has 1 N–H and O–H groups in total. The van der Waals surface area contributed by atoms with Crippen LogP contribution in [0.5, 0.6) is 11.5 Å². The van der Waals surface area contributed by atoms with Crippen LogP contribution in [-0.4, -0.2) is 34.3 Å². The molecule has 0 radical (unpaired) electrons. The van der Waals surface area contributed by atoms with Crippen LogP contribution < -0.4 is 14.8 Å². The monoisotopic (exact) mass is 371 g/mol. The van der Waals surface area contributed by atoms with Crippen LogP contribution in [0.4, 0.5) is 14.5 Å². The summed E-state index contributed by atoms with van der Waals surface area (Å²) in [6.45, 7) is 0. The zero-order valence-electron chi connectivity index (χ0n) is 13.3. The zero-order chi connectivity index (χ0) is 18.6. The lowest BCUT2D eigenvalue weighted by Crippen LogP contribution is -2.18. The van der Waals surface area contributed by atoms with E-state index < -0.39 is 26.4 Å². The molecule has 0 saturated carbocycles. The van der Waals surface area contributed by atoms with Crippen molar-refractivity contribution in [2.24, 2.45) is 0 Å². The fraction of sp³-hybridized carbons (Fsp3) is 0.188. The van der Waals surface area contributed by atoms with Gasteiger partial charge in [-0.05, 0) is 24.3 Å². The summed E-state index contributed by atoms with van der Waals surface area (Å²) >= 11 is 0. The summed E-state index contributed by atoms with van der Waals surface area (Å²) in [6, 6.07) is 9.30. The fourth-order valence-electron chi connectivity index (χ4n) is 2.05. The lowest BCUT2D eigenvalue weighted by Gasteiger charge is -2.12. The van der Waals surface area contributed by atoms with Gasteiger partial charge in [-0.2, -0.15) is 8.78 Å². The third kappa shape index (κ3) is 4.05. The van der Waals surface area contributed by atoms with Crippen LogP contribution in [0, 0.1) is 0 Å². The summed E-state index contributed by atoms with van der Waals surface area (Å²) in [5.41, 5.74) is -0.130. The van der Waals surface area contributed by atoms with Crippen molar-refractivity contribution in [3.05, 3.63) is 48.0 Å². The fourth-order valence-corrected chi connectivity index (χ4v) is 2.93. The summed E-state index contributed by atoms with van der Waals surface area (Å²) < 4.78 is 59.2. The highest BCUT2D eigenvalue weighted by Crippen LogP contribution is 2.28. The first-order chi connectivity index (χ1) is 11.8. The van der Waals surface area contributed by atoms with Gasteiger partial charge >= 0.3 is 5.76 Å². The molecule has 0 atom stereocenters. The van der Waals surface area contributed by atoms with E-state index >= 15 is 0 Å². The van der Waals surface area contributed by atoms with Gasteiger partial charge in [-0.3, -0.25) is 4.79 Å². The van der Waals surface area contributed by atoms with Crippen molar-refractivity contribution in [2.45, 2.75) is 10.7 Å². The molecule has 6 nitrogen and oxygen atoms in total. The van der Waals surface area contributed by atoms with Gasteiger partial charge in [0.25, 0.3) is 5.91 Å². The number of rotatable bonds is 6. The lowest BCUT2D eigenvalue weighted by molar-refractivity contribution is 0.102. The molecule has 0 aromatic heterocycles. The van der Waals surface area contributed by atoms with Crippen LogP contribution in [0.25, 0.3) is 0 Å². The molecule has 9 heteroatoms. The second-order valence-electron chi connectivity index (χ2n) is 4.86. The van der Waals surface area contributed by atoms with Gasteiger partial charge in [0.05, 0.1) is 24.8 Å². The van der Waals surface area contributed by atoms with Gasteiger partial charge in [0.2, 0.25) is 9.84 Å². The Hall–Kier alpha value is -2.68. The zero-order valence-corrected chi connectivity index (χ0v) is 14.1. The number of halogens is 2. The quantitative estimate of drug-likeness (QED) is 0.844. The minimum atomic E-state index is -4.86. The molecule has 0 saturated heterocycles. The van der Waals surface area contributed by atoms with E-state index in [0.717, 1.165) is 6.07 Å². The molecule has 134 valence electrons. The highest BCUT2D eigenvalue weighted by Gasteiger charge is 2.29. The second kappa shape index (κ2) is 7.47.